The van der Waals surface area contributed by atoms with E-state index in [0.29, 0.717) is 18.4 Å². The Morgan fingerprint density at radius 2 is 1.74 bits per heavy atom. The second-order valence-electron chi connectivity index (χ2n) is 10.5. The normalized spacial score (nSPS) is 28.5. The minimum absolute atomic E-state index is 0.0176. The summed E-state index contributed by atoms with van der Waals surface area (Å²) >= 11 is 6.04. The summed E-state index contributed by atoms with van der Waals surface area (Å²) in [5, 5.41) is 24.9. The molecule has 0 aliphatic carbocycles. The van der Waals surface area contributed by atoms with E-state index in [2.05, 4.69) is 10.6 Å². The van der Waals surface area contributed by atoms with E-state index < -0.39 is 54.5 Å². The molecule has 0 aromatic heterocycles. The van der Waals surface area contributed by atoms with Crippen molar-refractivity contribution < 1.29 is 34.1 Å². The van der Waals surface area contributed by atoms with Gasteiger partial charge < -0.3 is 30.5 Å². The summed E-state index contributed by atoms with van der Waals surface area (Å²) in [6, 6.07) is 0.969. The molecular formula is C28H40ClN3O7. The quantitative estimate of drug-likeness (QED) is 0.325. The van der Waals surface area contributed by atoms with Crippen molar-refractivity contribution in [1.82, 2.24) is 15.5 Å². The third kappa shape index (κ3) is 9.25. The van der Waals surface area contributed by atoms with Gasteiger partial charge in [-0.1, -0.05) is 43.2 Å². The molecule has 216 valence electrons. The lowest BCUT2D eigenvalue weighted by Gasteiger charge is -2.31. The van der Waals surface area contributed by atoms with Gasteiger partial charge in [0.05, 0.1) is 17.7 Å². The van der Waals surface area contributed by atoms with Crippen LogP contribution >= 0.6 is 11.6 Å². The first-order chi connectivity index (χ1) is 18.2. The van der Waals surface area contributed by atoms with Gasteiger partial charge in [0.1, 0.15) is 17.8 Å². The zero-order chi connectivity index (χ0) is 29.4. The number of nitrogens with zero attached hydrogens (tertiary/aromatic N) is 1. The van der Waals surface area contributed by atoms with Crippen LogP contribution in [0.1, 0.15) is 53.0 Å². The van der Waals surface area contributed by atoms with Gasteiger partial charge in [-0.2, -0.15) is 0 Å². The summed E-state index contributed by atoms with van der Waals surface area (Å²) < 4.78 is 5.51. The summed E-state index contributed by atoms with van der Waals surface area (Å²) in [5.74, 6) is -2.81. The zero-order valence-corrected chi connectivity index (χ0v) is 24.1. The first-order valence-corrected chi connectivity index (χ1v) is 13.4. The molecule has 2 rings (SSSR count). The van der Waals surface area contributed by atoms with Crippen LogP contribution in [-0.2, 0) is 30.3 Å². The first kappa shape index (κ1) is 32.1. The number of phenolic OH excluding ortho intramolecular Hbond substituents is 1. The predicted octanol–water partition coefficient (Wildman–Crippen LogP) is 2.34. The van der Waals surface area contributed by atoms with Crippen LogP contribution in [0.3, 0.4) is 0 Å². The Labute approximate surface area is 234 Å². The number of likely N-dealkylation sites (N-methyl/N-ethyl adjacent to an activating group) is 1. The molecule has 6 atom stereocenters. The summed E-state index contributed by atoms with van der Waals surface area (Å²) in [5.41, 5.74) is 1.53. The fraction of sp³-hybridized carbons (Fsp3) is 0.571. The Kier molecular flexibility index (Phi) is 11.8. The predicted molar refractivity (Wildman–Crippen MR) is 147 cm³/mol. The molecule has 0 unspecified atom stereocenters. The van der Waals surface area contributed by atoms with Gasteiger partial charge in [0.15, 0.2) is 6.04 Å². The first-order valence-electron chi connectivity index (χ1n) is 13.1. The number of esters is 1. The smallest absolute Gasteiger partial charge is 0.331 e. The molecule has 0 spiro atoms. The van der Waals surface area contributed by atoms with Crippen LogP contribution in [-0.4, -0.2) is 76.7 Å². The van der Waals surface area contributed by atoms with Gasteiger partial charge in [0, 0.05) is 19.4 Å². The molecule has 39 heavy (non-hydrogen) atoms. The Morgan fingerprint density at radius 1 is 1.08 bits per heavy atom. The van der Waals surface area contributed by atoms with Gasteiger partial charge in [-0.15, -0.1) is 0 Å². The van der Waals surface area contributed by atoms with E-state index in [1.807, 2.05) is 19.9 Å². The van der Waals surface area contributed by atoms with E-state index in [-0.39, 0.29) is 29.0 Å². The van der Waals surface area contributed by atoms with Crippen molar-refractivity contribution in [3.63, 3.8) is 0 Å². The number of phenols is 1. The van der Waals surface area contributed by atoms with Crippen molar-refractivity contribution in [3.05, 3.63) is 40.4 Å². The third-order valence-electron chi connectivity index (χ3n) is 6.74. The lowest BCUT2D eigenvalue weighted by atomic mass is 9.95. The fourth-order valence-electron chi connectivity index (χ4n) is 4.68. The standard InChI is InChI=1S/C28H40ClN3O7/c1-15-9-16(2)11-18(4)39-28(38)22(14-33)31-26(36)23(13-20-7-8-24(34)21(29)12-20)32(6)27(37)19(5)30-25(35)17(3)10-15/h7-9,12,16-19,22-23,33-34H,10-11,13-14H2,1-6H3,(H,30,35)(H,31,36)/t16-,17-,18-,19-,22-,23+/m0/s1. The molecule has 1 aromatic rings. The number of amides is 3. The molecule has 0 saturated carbocycles. The molecule has 0 radical (unpaired) electrons. The number of allylic oxidation sites excluding steroid dienone is 2. The zero-order valence-electron chi connectivity index (χ0n) is 23.4. The van der Waals surface area contributed by atoms with E-state index in [1.165, 1.54) is 31.0 Å². The van der Waals surface area contributed by atoms with E-state index in [0.717, 1.165) is 5.57 Å². The van der Waals surface area contributed by atoms with Gasteiger partial charge in [-0.25, -0.2) is 4.79 Å². The van der Waals surface area contributed by atoms with Crippen molar-refractivity contribution in [3.8, 4) is 5.75 Å². The number of nitrogens with one attached hydrogen (secondary N) is 2. The van der Waals surface area contributed by atoms with Crippen LogP contribution in [0.5, 0.6) is 5.75 Å². The summed E-state index contributed by atoms with van der Waals surface area (Å²) in [6.07, 6.45) is 2.50. The third-order valence-corrected chi connectivity index (χ3v) is 7.04. The van der Waals surface area contributed by atoms with Crippen molar-refractivity contribution in [1.29, 1.82) is 0 Å². The Balaban J connectivity index is 2.44. The lowest BCUT2D eigenvalue weighted by Crippen LogP contribution is -2.57. The van der Waals surface area contributed by atoms with Crippen molar-refractivity contribution >= 4 is 35.3 Å². The monoisotopic (exact) mass is 565 g/mol. The van der Waals surface area contributed by atoms with Crippen LogP contribution in [0.15, 0.2) is 29.8 Å². The summed E-state index contributed by atoms with van der Waals surface area (Å²) in [7, 11) is 1.42. The highest BCUT2D eigenvalue weighted by Gasteiger charge is 2.34. The lowest BCUT2D eigenvalue weighted by molar-refractivity contribution is -0.154. The van der Waals surface area contributed by atoms with E-state index in [9.17, 15) is 29.4 Å². The minimum atomic E-state index is -1.35. The molecule has 0 saturated heterocycles. The maximum absolute atomic E-state index is 13.4. The average Bonchev–Trinajstić information content (AvgIpc) is 2.85. The number of hydrogen-bond acceptors (Lipinski definition) is 7. The number of ether oxygens (including phenoxy) is 1. The van der Waals surface area contributed by atoms with Crippen LogP contribution in [0.2, 0.25) is 5.02 Å². The number of benzene rings is 1. The van der Waals surface area contributed by atoms with Crippen molar-refractivity contribution in [2.75, 3.05) is 13.7 Å². The highest BCUT2D eigenvalue weighted by molar-refractivity contribution is 6.32. The van der Waals surface area contributed by atoms with Crippen molar-refractivity contribution in [2.24, 2.45) is 11.8 Å². The summed E-state index contributed by atoms with van der Waals surface area (Å²) in [6.45, 7) is 8.24. The number of aliphatic hydroxyl groups is 1. The molecule has 1 aliphatic heterocycles. The number of hydrogen-bond donors (Lipinski definition) is 4. The molecule has 1 aromatic carbocycles. The molecule has 0 bridgehead atoms. The largest absolute Gasteiger partial charge is 0.506 e. The van der Waals surface area contributed by atoms with Gasteiger partial charge in [0.25, 0.3) is 0 Å². The van der Waals surface area contributed by atoms with Crippen molar-refractivity contribution in [2.45, 2.75) is 78.1 Å². The number of rotatable bonds is 3. The van der Waals surface area contributed by atoms with E-state index >= 15 is 0 Å². The number of carbonyl (C=O) groups excluding carboxylic acids is 4. The van der Waals surface area contributed by atoms with Gasteiger partial charge in [0.2, 0.25) is 17.7 Å². The number of halogens is 1. The number of carbonyl (C=O) groups is 4. The van der Waals surface area contributed by atoms with Crippen LogP contribution in [0.4, 0.5) is 0 Å². The molecule has 3 amide bonds. The number of aromatic hydroxyl groups is 1. The van der Waals surface area contributed by atoms with Gasteiger partial charge >= 0.3 is 5.97 Å². The maximum Gasteiger partial charge on any atom is 0.331 e. The van der Waals surface area contributed by atoms with Crippen LogP contribution < -0.4 is 10.6 Å². The second-order valence-corrected chi connectivity index (χ2v) is 10.9. The fourth-order valence-corrected chi connectivity index (χ4v) is 4.88. The van der Waals surface area contributed by atoms with Crippen LogP contribution in [0.25, 0.3) is 0 Å². The van der Waals surface area contributed by atoms with Crippen LogP contribution in [0, 0.1) is 11.8 Å². The molecule has 1 aliphatic rings. The molecule has 0 fully saturated rings. The minimum Gasteiger partial charge on any atom is -0.506 e. The Bertz CT molecular complexity index is 1090. The topological polar surface area (TPSA) is 145 Å². The molecular weight excluding hydrogens is 526 g/mol. The molecule has 1 heterocycles. The van der Waals surface area contributed by atoms with Gasteiger partial charge in [-0.3, -0.25) is 14.4 Å². The average molecular weight is 566 g/mol. The van der Waals surface area contributed by atoms with E-state index in [4.69, 9.17) is 16.3 Å². The Morgan fingerprint density at radius 3 is 2.36 bits per heavy atom. The summed E-state index contributed by atoms with van der Waals surface area (Å²) in [4.78, 5) is 53.6. The molecule has 11 heteroatoms. The Hall–Kier alpha value is -3.11. The SMILES string of the molecule is CC1=C[C@H](C)C[C@H](C)OC(=O)[C@H](CO)NC(=O)[C@@H](Cc2ccc(O)c(Cl)c2)N(C)C(=O)[C@H](C)NC(=O)[C@@H](C)C1. The molecule has 4 N–H and O–H groups in total. The van der Waals surface area contributed by atoms with Gasteiger partial charge in [-0.05, 0) is 57.2 Å². The maximum atomic E-state index is 13.4. The number of cyclic esters (lactones) is 1. The number of aliphatic hydroxyl groups excluding tert-OH is 1. The highest BCUT2D eigenvalue weighted by atomic mass is 35.5. The second kappa shape index (κ2) is 14.3. The highest BCUT2D eigenvalue weighted by Crippen LogP contribution is 2.25. The van der Waals surface area contributed by atoms with E-state index in [1.54, 1.807) is 19.9 Å². The molecule has 10 nitrogen and oxygen atoms in total.